The Morgan fingerprint density at radius 2 is 2.00 bits per heavy atom. The number of hydrogen-bond donors (Lipinski definition) is 1. The van der Waals surface area contributed by atoms with Gasteiger partial charge in [0.1, 0.15) is 11.6 Å². The van der Waals surface area contributed by atoms with Gasteiger partial charge in [-0.1, -0.05) is 0 Å². The van der Waals surface area contributed by atoms with Crippen molar-refractivity contribution < 1.29 is 26.7 Å². The first-order valence-corrected chi connectivity index (χ1v) is 7.92. The standard InChI is InChI=1S/C11H10BrF3N4O3S/c12-10-17-9(5-6-16-23(20)21)19(18-10)7-1-3-8(4-2-7)22-11(13,14)15/h1-4,16H,5-6H2,(H,20,21)/p-1. The van der Waals surface area contributed by atoms with Crippen molar-refractivity contribution in [1.29, 1.82) is 0 Å². The van der Waals surface area contributed by atoms with Crippen molar-refractivity contribution in [1.82, 2.24) is 19.5 Å². The van der Waals surface area contributed by atoms with E-state index in [0.717, 1.165) is 12.1 Å². The van der Waals surface area contributed by atoms with E-state index in [1.54, 1.807) is 0 Å². The van der Waals surface area contributed by atoms with Crippen molar-refractivity contribution in [3.63, 3.8) is 0 Å². The van der Waals surface area contributed by atoms with Gasteiger partial charge in [0.05, 0.1) is 5.69 Å². The molecule has 1 aromatic heterocycles. The average molecular weight is 414 g/mol. The van der Waals surface area contributed by atoms with Crippen molar-refractivity contribution in [2.24, 2.45) is 0 Å². The molecule has 0 fully saturated rings. The molecule has 1 atom stereocenters. The second kappa shape index (κ2) is 7.38. The summed E-state index contributed by atoms with van der Waals surface area (Å²) in [5, 5.41) is 4.06. The van der Waals surface area contributed by atoms with Crippen molar-refractivity contribution in [3.8, 4) is 11.4 Å². The summed E-state index contributed by atoms with van der Waals surface area (Å²) in [6, 6.07) is 5.05. The molecular formula is C11H9BrF3N4O3S-. The van der Waals surface area contributed by atoms with E-state index in [9.17, 15) is 21.9 Å². The van der Waals surface area contributed by atoms with E-state index in [2.05, 4.69) is 35.5 Å². The van der Waals surface area contributed by atoms with E-state index in [-0.39, 0.29) is 23.4 Å². The Bertz CT molecular complexity index is 693. The predicted octanol–water partition coefficient (Wildman–Crippen LogP) is 1.85. The minimum Gasteiger partial charge on any atom is -0.760 e. The maximum Gasteiger partial charge on any atom is 0.573 e. The Morgan fingerprint density at radius 1 is 1.35 bits per heavy atom. The van der Waals surface area contributed by atoms with Crippen molar-refractivity contribution in [2.45, 2.75) is 12.8 Å². The molecule has 0 radical (unpaired) electrons. The Kier molecular flexibility index (Phi) is 5.73. The van der Waals surface area contributed by atoms with E-state index in [0.29, 0.717) is 11.5 Å². The van der Waals surface area contributed by atoms with Gasteiger partial charge in [-0.15, -0.1) is 18.3 Å². The summed E-state index contributed by atoms with van der Waals surface area (Å²) < 4.78 is 64.9. The zero-order valence-corrected chi connectivity index (χ0v) is 13.6. The van der Waals surface area contributed by atoms with Crippen LogP contribution in [0.2, 0.25) is 0 Å². The highest BCUT2D eigenvalue weighted by molar-refractivity contribution is 9.10. The van der Waals surface area contributed by atoms with Crippen LogP contribution in [0.25, 0.3) is 5.69 Å². The quantitative estimate of drug-likeness (QED) is 0.729. The van der Waals surface area contributed by atoms with E-state index in [4.69, 9.17) is 0 Å². The lowest BCUT2D eigenvalue weighted by atomic mass is 10.3. The predicted molar refractivity (Wildman–Crippen MR) is 76.4 cm³/mol. The van der Waals surface area contributed by atoms with Crippen LogP contribution in [0.1, 0.15) is 5.82 Å². The molecule has 0 aliphatic heterocycles. The van der Waals surface area contributed by atoms with Gasteiger partial charge in [-0.2, -0.15) is 0 Å². The Labute approximate surface area is 139 Å². The minimum atomic E-state index is -4.76. The summed E-state index contributed by atoms with van der Waals surface area (Å²) in [7, 11) is 0. The summed E-state index contributed by atoms with van der Waals surface area (Å²) in [6.45, 7) is 0.108. The Morgan fingerprint density at radius 3 is 2.57 bits per heavy atom. The van der Waals surface area contributed by atoms with Gasteiger partial charge in [-0.3, -0.25) is 4.21 Å². The van der Waals surface area contributed by atoms with E-state index >= 15 is 0 Å². The molecule has 1 unspecified atom stereocenters. The molecular weight excluding hydrogens is 405 g/mol. The zero-order valence-electron chi connectivity index (χ0n) is 11.2. The van der Waals surface area contributed by atoms with Crippen molar-refractivity contribution >= 4 is 27.2 Å². The van der Waals surface area contributed by atoms with E-state index < -0.39 is 17.6 Å². The van der Waals surface area contributed by atoms with Gasteiger partial charge in [0, 0.05) is 24.2 Å². The number of ether oxygens (including phenoxy) is 1. The molecule has 0 amide bonds. The molecule has 12 heteroatoms. The highest BCUT2D eigenvalue weighted by Gasteiger charge is 2.31. The fraction of sp³-hybridized carbons (Fsp3) is 0.273. The molecule has 1 heterocycles. The van der Waals surface area contributed by atoms with Gasteiger partial charge in [-0.25, -0.2) is 14.4 Å². The number of hydrogen-bond acceptors (Lipinski definition) is 5. The molecule has 2 aromatic rings. The molecule has 0 saturated heterocycles. The molecule has 0 saturated carbocycles. The zero-order chi connectivity index (χ0) is 17.0. The van der Waals surface area contributed by atoms with Gasteiger partial charge < -0.3 is 9.29 Å². The molecule has 126 valence electrons. The summed E-state index contributed by atoms with van der Waals surface area (Å²) in [5.41, 5.74) is 0.455. The fourth-order valence-electron chi connectivity index (χ4n) is 1.72. The van der Waals surface area contributed by atoms with Crippen LogP contribution in [0.4, 0.5) is 13.2 Å². The Hall–Kier alpha value is -1.50. The minimum absolute atomic E-state index is 0.108. The van der Waals surface area contributed by atoms with E-state index in [1.165, 1.54) is 16.8 Å². The summed E-state index contributed by atoms with van der Waals surface area (Å²) in [4.78, 5) is 4.08. The monoisotopic (exact) mass is 413 g/mol. The number of alkyl halides is 3. The lowest BCUT2D eigenvalue weighted by molar-refractivity contribution is -0.274. The highest BCUT2D eigenvalue weighted by atomic mass is 79.9. The topological polar surface area (TPSA) is 92.1 Å². The molecule has 0 aliphatic rings. The first kappa shape index (κ1) is 17.8. The molecule has 23 heavy (non-hydrogen) atoms. The number of nitrogens with zero attached hydrogens (tertiary/aromatic N) is 3. The number of nitrogens with one attached hydrogen (secondary N) is 1. The SMILES string of the molecule is O=S([O-])NCCc1nc(Br)nn1-c1ccc(OC(F)(F)F)cc1. The van der Waals surface area contributed by atoms with E-state index in [1.807, 2.05) is 0 Å². The second-order valence-corrected chi connectivity index (χ2v) is 5.60. The second-order valence-electron chi connectivity index (χ2n) is 4.13. The summed E-state index contributed by atoms with van der Waals surface area (Å²) in [5.74, 6) is 0.0738. The van der Waals surface area contributed by atoms with Crippen LogP contribution in [0.3, 0.4) is 0 Å². The lowest BCUT2D eigenvalue weighted by Crippen LogP contribution is -2.21. The summed E-state index contributed by atoms with van der Waals surface area (Å²) >= 11 is 0.708. The van der Waals surface area contributed by atoms with Crippen LogP contribution in [0, 0.1) is 0 Å². The van der Waals surface area contributed by atoms with Crippen LogP contribution in [0.5, 0.6) is 5.75 Å². The third-order valence-corrected chi connectivity index (χ3v) is 3.31. The fourth-order valence-corrected chi connectivity index (χ4v) is 2.35. The molecule has 7 nitrogen and oxygen atoms in total. The van der Waals surface area contributed by atoms with Gasteiger partial charge in [-0.05, 0) is 40.2 Å². The number of rotatable bonds is 6. The molecule has 1 N–H and O–H groups in total. The molecule has 0 bridgehead atoms. The third kappa shape index (κ3) is 5.57. The molecule has 0 spiro atoms. The molecule has 2 rings (SSSR count). The summed E-state index contributed by atoms with van der Waals surface area (Å²) in [6.07, 6.45) is -4.52. The number of halogens is 4. The maximum absolute atomic E-state index is 12.1. The Balaban J connectivity index is 2.16. The molecule has 0 aliphatic carbocycles. The van der Waals surface area contributed by atoms with Gasteiger partial charge in [0.25, 0.3) is 0 Å². The van der Waals surface area contributed by atoms with Crippen LogP contribution >= 0.6 is 15.9 Å². The average Bonchev–Trinajstić information content (AvgIpc) is 2.78. The maximum atomic E-state index is 12.1. The van der Waals surface area contributed by atoms with Gasteiger partial charge >= 0.3 is 6.36 Å². The normalized spacial score (nSPS) is 13.1. The third-order valence-electron chi connectivity index (χ3n) is 2.53. The number of aromatic nitrogens is 3. The van der Waals surface area contributed by atoms with Crippen LogP contribution < -0.4 is 9.46 Å². The van der Waals surface area contributed by atoms with Crippen LogP contribution in [-0.4, -0.2) is 36.4 Å². The first-order valence-electron chi connectivity index (χ1n) is 6.05. The van der Waals surface area contributed by atoms with Crippen molar-refractivity contribution in [3.05, 3.63) is 34.8 Å². The van der Waals surface area contributed by atoms with Gasteiger partial charge in [0.2, 0.25) is 4.73 Å². The first-order chi connectivity index (χ1) is 10.7. The van der Waals surface area contributed by atoms with Crippen LogP contribution in [0.15, 0.2) is 29.0 Å². The number of benzene rings is 1. The lowest BCUT2D eigenvalue weighted by Gasteiger charge is -2.10. The largest absolute Gasteiger partial charge is 0.760 e. The van der Waals surface area contributed by atoms with Crippen LogP contribution in [-0.2, 0) is 17.7 Å². The van der Waals surface area contributed by atoms with Crippen molar-refractivity contribution in [2.75, 3.05) is 6.54 Å². The smallest absolute Gasteiger partial charge is 0.573 e. The molecule has 1 aromatic carbocycles. The van der Waals surface area contributed by atoms with Gasteiger partial charge in [0.15, 0.2) is 0 Å². The highest BCUT2D eigenvalue weighted by Crippen LogP contribution is 2.24.